The van der Waals surface area contributed by atoms with Crippen molar-refractivity contribution in [3.63, 3.8) is 0 Å². The molecule has 2 aromatic carbocycles. The minimum Gasteiger partial charge on any atom is -0.483 e. The van der Waals surface area contributed by atoms with Gasteiger partial charge in [-0.3, -0.25) is 9.59 Å². The number of amides is 2. The summed E-state index contributed by atoms with van der Waals surface area (Å²) in [6, 6.07) is 13.0. The number of benzene rings is 2. The van der Waals surface area contributed by atoms with E-state index in [-0.39, 0.29) is 18.9 Å². The zero-order chi connectivity index (χ0) is 21.4. The van der Waals surface area contributed by atoms with Crippen LogP contribution in [0.5, 0.6) is 5.75 Å². The SMILES string of the molecule is CC(CC(=O)Nc1ccc(N(C)C)cc1)=NNC(=O)COc1ccc(Br)cc1C. The molecule has 154 valence electrons. The molecule has 2 rings (SSSR count). The van der Waals surface area contributed by atoms with E-state index in [9.17, 15) is 9.59 Å². The molecular weight excluding hydrogens is 436 g/mol. The molecule has 0 bridgehead atoms. The van der Waals surface area contributed by atoms with Crippen LogP contribution >= 0.6 is 15.9 Å². The Kier molecular flexibility index (Phi) is 8.21. The lowest BCUT2D eigenvalue weighted by molar-refractivity contribution is -0.123. The average molecular weight is 461 g/mol. The Morgan fingerprint density at radius 1 is 1.10 bits per heavy atom. The summed E-state index contributed by atoms with van der Waals surface area (Å²) < 4.78 is 6.43. The summed E-state index contributed by atoms with van der Waals surface area (Å²) in [5, 5.41) is 6.76. The lowest BCUT2D eigenvalue weighted by Gasteiger charge is -2.13. The van der Waals surface area contributed by atoms with E-state index in [0.717, 1.165) is 15.7 Å². The molecule has 0 saturated heterocycles. The van der Waals surface area contributed by atoms with Crippen LogP contribution in [0.3, 0.4) is 0 Å². The fourth-order valence-electron chi connectivity index (χ4n) is 2.43. The molecule has 0 atom stereocenters. The fourth-order valence-corrected chi connectivity index (χ4v) is 2.90. The molecule has 0 heterocycles. The second kappa shape index (κ2) is 10.6. The molecule has 0 unspecified atom stereocenters. The first kappa shape index (κ1) is 22.4. The molecule has 2 aromatic rings. The number of rotatable bonds is 8. The maximum atomic E-state index is 12.1. The summed E-state index contributed by atoms with van der Waals surface area (Å²) in [7, 11) is 3.90. The molecule has 0 aromatic heterocycles. The predicted octanol–water partition coefficient (Wildman–Crippen LogP) is 3.72. The number of carbonyl (C=O) groups is 2. The standard InChI is InChI=1S/C21H25BrN4O3/c1-14-11-16(22)5-10-19(14)29-13-21(28)25-24-15(2)12-20(27)23-17-6-8-18(9-7-17)26(3)4/h5-11H,12-13H2,1-4H3,(H,23,27)(H,25,28). The number of nitrogens with zero attached hydrogens (tertiary/aromatic N) is 2. The van der Waals surface area contributed by atoms with Crippen LogP contribution in [0.15, 0.2) is 52.0 Å². The average Bonchev–Trinajstić information content (AvgIpc) is 2.66. The molecule has 0 saturated carbocycles. The third kappa shape index (κ3) is 7.57. The highest BCUT2D eigenvalue weighted by Crippen LogP contribution is 2.22. The van der Waals surface area contributed by atoms with Gasteiger partial charge in [-0.2, -0.15) is 5.10 Å². The lowest BCUT2D eigenvalue weighted by Crippen LogP contribution is -2.26. The minimum absolute atomic E-state index is 0.0718. The number of carbonyl (C=O) groups excluding carboxylic acids is 2. The zero-order valence-corrected chi connectivity index (χ0v) is 18.5. The monoisotopic (exact) mass is 460 g/mol. The number of nitrogens with one attached hydrogen (secondary N) is 2. The Hall–Kier alpha value is -2.87. The minimum atomic E-state index is -0.397. The molecule has 2 N–H and O–H groups in total. The first-order valence-corrected chi connectivity index (χ1v) is 9.82. The molecule has 0 aliphatic heterocycles. The normalized spacial score (nSPS) is 11.0. The third-order valence-corrected chi connectivity index (χ3v) is 4.44. The van der Waals surface area contributed by atoms with E-state index >= 15 is 0 Å². The molecule has 0 aliphatic carbocycles. The van der Waals surface area contributed by atoms with E-state index in [2.05, 4.69) is 31.8 Å². The van der Waals surface area contributed by atoms with Crippen molar-refractivity contribution in [3.8, 4) is 5.75 Å². The first-order valence-electron chi connectivity index (χ1n) is 9.03. The number of aryl methyl sites for hydroxylation is 1. The van der Waals surface area contributed by atoms with Crippen molar-refractivity contribution in [2.45, 2.75) is 20.3 Å². The zero-order valence-electron chi connectivity index (χ0n) is 17.0. The van der Waals surface area contributed by atoms with Gasteiger partial charge in [0.15, 0.2) is 6.61 Å². The number of hydrogen-bond donors (Lipinski definition) is 2. The molecule has 29 heavy (non-hydrogen) atoms. The van der Waals surface area contributed by atoms with Crippen LogP contribution in [-0.4, -0.2) is 38.2 Å². The topological polar surface area (TPSA) is 83.0 Å². The molecule has 0 fully saturated rings. The van der Waals surface area contributed by atoms with Gasteiger partial charge in [-0.1, -0.05) is 15.9 Å². The van der Waals surface area contributed by atoms with Crippen LogP contribution in [-0.2, 0) is 9.59 Å². The summed E-state index contributed by atoms with van der Waals surface area (Å²) in [4.78, 5) is 26.0. The van der Waals surface area contributed by atoms with E-state index in [4.69, 9.17) is 4.74 Å². The lowest BCUT2D eigenvalue weighted by atomic mass is 10.2. The van der Waals surface area contributed by atoms with Crippen LogP contribution in [0.2, 0.25) is 0 Å². The van der Waals surface area contributed by atoms with E-state index in [1.807, 2.05) is 62.3 Å². The highest BCUT2D eigenvalue weighted by atomic mass is 79.9. The Morgan fingerprint density at radius 3 is 2.41 bits per heavy atom. The van der Waals surface area contributed by atoms with Crippen LogP contribution in [0, 0.1) is 6.92 Å². The van der Waals surface area contributed by atoms with Gasteiger partial charge in [0, 0.05) is 35.7 Å². The van der Waals surface area contributed by atoms with Gasteiger partial charge >= 0.3 is 0 Å². The summed E-state index contributed by atoms with van der Waals surface area (Å²) in [5.41, 5.74) is 5.56. The van der Waals surface area contributed by atoms with Crippen LogP contribution in [0.1, 0.15) is 18.9 Å². The molecule has 0 radical (unpaired) electrons. The largest absolute Gasteiger partial charge is 0.483 e. The first-order chi connectivity index (χ1) is 13.7. The fraction of sp³-hybridized carbons (Fsp3) is 0.286. The Balaban J connectivity index is 1.78. The number of hydrogen-bond acceptors (Lipinski definition) is 5. The van der Waals surface area contributed by atoms with Crippen molar-refractivity contribution < 1.29 is 14.3 Å². The molecule has 0 aliphatic rings. The van der Waals surface area contributed by atoms with Gasteiger partial charge in [0.05, 0.1) is 6.42 Å². The van der Waals surface area contributed by atoms with Crippen molar-refractivity contribution in [2.75, 3.05) is 30.9 Å². The van der Waals surface area contributed by atoms with E-state index in [1.54, 1.807) is 13.0 Å². The highest BCUT2D eigenvalue weighted by molar-refractivity contribution is 9.10. The maximum Gasteiger partial charge on any atom is 0.277 e. The molecule has 2 amide bonds. The van der Waals surface area contributed by atoms with Crippen molar-refractivity contribution in [1.82, 2.24) is 5.43 Å². The van der Waals surface area contributed by atoms with Crippen LogP contribution in [0.4, 0.5) is 11.4 Å². The number of ether oxygens (including phenoxy) is 1. The maximum absolute atomic E-state index is 12.1. The predicted molar refractivity (Wildman–Crippen MR) is 120 cm³/mol. The van der Waals surface area contributed by atoms with Crippen molar-refractivity contribution in [1.29, 1.82) is 0 Å². The van der Waals surface area contributed by atoms with Crippen LogP contribution in [0.25, 0.3) is 0 Å². The smallest absolute Gasteiger partial charge is 0.277 e. The third-order valence-electron chi connectivity index (χ3n) is 3.95. The molecule has 0 spiro atoms. The van der Waals surface area contributed by atoms with Gasteiger partial charge in [-0.05, 0) is 61.9 Å². The Morgan fingerprint density at radius 2 is 1.79 bits per heavy atom. The Bertz CT molecular complexity index is 895. The van der Waals surface area contributed by atoms with Gasteiger partial charge in [-0.15, -0.1) is 0 Å². The van der Waals surface area contributed by atoms with E-state index in [0.29, 0.717) is 17.1 Å². The molecule has 8 heteroatoms. The quantitative estimate of drug-likeness (QED) is 0.464. The molecular formula is C21H25BrN4O3. The molecule has 7 nitrogen and oxygen atoms in total. The Labute approximate surface area is 179 Å². The summed E-state index contributed by atoms with van der Waals surface area (Å²) >= 11 is 3.38. The van der Waals surface area contributed by atoms with Crippen molar-refractivity contribution in [3.05, 3.63) is 52.5 Å². The second-order valence-corrected chi connectivity index (χ2v) is 7.66. The van der Waals surface area contributed by atoms with Crippen molar-refractivity contribution in [2.24, 2.45) is 5.10 Å². The summed E-state index contributed by atoms with van der Waals surface area (Å²) in [6.45, 7) is 3.41. The second-order valence-electron chi connectivity index (χ2n) is 6.75. The number of anilines is 2. The number of halogens is 1. The van der Waals surface area contributed by atoms with E-state index in [1.165, 1.54) is 0 Å². The van der Waals surface area contributed by atoms with Crippen LogP contribution < -0.4 is 20.4 Å². The van der Waals surface area contributed by atoms with Gasteiger partial charge in [-0.25, -0.2) is 5.43 Å². The van der Waals surface area contributed by atoms with Gasteiger partial charge in [0.25, 0.3) is 5.91 Å². The van der Waals surface area contributed by atoms with E-state index < -0.39 is 5.91 Å². The highest BCUT2D eigenvalue weighted by Gasteiger charge is 2.08. The summed E-state index contributed by atoms with van der Waals surface area (Å²) in [6.07, 6.45) is 0.0718. The van der Waals surface area contributed by atoms with Gasteiger partial charge < -0.3 is 15.0 Å². The summed E-state index contributed by atoms with van der Waals surface area (Å²) in [5.74, 6) is 0.0231. The number of hydrazone groups is 1. The van der Waals surface area contributed by atoms with Crippen molar-refractivity contribution >= 4 is 44.8 Å². The van der Waals surface area contributed by atoms with Gasteiger partial charge in [0.2, 0.25) is 5.91 Å². The van der Waals surface area contributed by atoms with Gasteiger partial charge in [0.1, 0.15) is 5.75 Å².